The van der Waals surface area contributed by atoms with Crippen LogP contribution in [0.2, 0.25) is 0 Å². The van der Waals surface area contributed by atoms with Gasteiger partial charge in [-0.05, 0) is 35.9 Å². The number of rotatable bonds is 5. The molecule has 1 aliphatic heterocycles. The molecule has 20 heavy (non-hydrogen) atoms. The summed E-state index contributed by atoms with van der Waals surface area (Å²) in [7, 11) is 0. The van der Waals surface area contributed by atoms with Crippen molar-refractivity contribution in [1.29, 1.82) is 0 Å². The molecule has 0 unspecified atom stereocenters. The molecular weight excluding hydrogens is 274 g/mol. The lowest BCUT2D eigenvalue weighted by Crippen LogP contribution is -1.98. The number of carbonyl (C=O) groups is 1. The first-order chi connectivity index (χ1) is 9.70. The summed E-state index contributed by atoms with van der Waals surface area (Å²) in [4.78, 5) is 12.7. The van der Waals surface area contributed by atoms with Crippen LogP contribution in [0.15, 0.2) is 30.3 Å². The van der Waals surface area contributed by atoms with E-state index in [-0.39, 0.29) is 6.42 Å². The van der Waals surface area contributed by atoms with Gasteiger partial charge in [-0.1, -0.05) is 0 Å². The fourth-order valence-electron chi connectivity index (χ4n) is 2.25. The molecule has 0 fully saturated rings. The Bertz CT molecular complexity index is 636. The second-order valence-corrected chi connectivity index (χ2v) is 5.97. The first-order valence-electron chi connectivity index (χ1n) is 6.50. The smallest absolute Gasteiger partial charge is 0.308 e. The second kappa shape index (κ2) is 5.54. The standard InChI is InChI=1S/C15H15NO3S/c17-15(18)8-12-2-3-13(20-12)9-16-11-1-4-14-10(7-11)5-6-19-14/h1-4,7,16H,5-6,8-9H2,(H,17,18). The highest BCUT2D eigenvalue weighted by atomic mass is 32.1. The largest absolute Gasteiger partial charge is 0.493 e. The molecule has 2 heterocycles. The molecule has 1 aromatic heterocycles. The Morgan fingerprint density at radius 3 is 3.00 bits per heavy atom. The molecule has 2 aromatic rings. The van der Waals surface area contributed by atoms with Crippen molar-refractivity contribution in [2.24, 2.45) is 0 Å². The zero-order valence-electron chi connectivity index (χ0n) is 10.9. The van der Waals surface area contributed by atoms with E-state index < -0.39 is 5.97 Å². The number of fused-ring (bicyclic) bond motifs is 1. The summed E-state index contributed by atoms with van der Waals surface area (Å²) >= 11 is 1.54. The molecule has 104 valence electrons. The van der Waals surface area contributed by atoms with Gasteiger partial charge in [0, 0.05) is 28.4 Å². The van der Waals surface area contributed by atoms with E-state index in [9.17, 15) is 4.79 Å². The van der Waals surface area contributed by atoms with Crippen molar-refractivity contribution < 1.29 is 14.6 Å². The summed E-state index contributed by atoms with van der Waals surface area (Å²) in [6.07, 6.45) is 1.06. The molecule has 0 bridgehead atoms. The van der Waals surface area contributed by atoms with E-state index in [4.69, 9.17) is 9.84 Å². The molecule has 3 rings (SSSR count). The normalized spacial score (nSPS) is 12.8. The van der Waals surface area contributed by atoms with Gasteiger partial charge in [0.05, 0.1) is 13.0 Å². The van der Waals surface area contributed by atoms with Gasteiger partial charge in [-0.25, -0.2) is 0 Å². The highest BCUT2D eigenvalue weighted by Crippen LogP contribution is 2.28. The summed E-state index contributed by atoms with van der Waals surface area (Å²) < 4.78 is 5.48. The van der Waals surface area contributed by atoms with Crippen molar-refractivity contribution in [3.63, 3.8) is 0 Å². The highest BCUT2D eigenvalue weighted by Gasteiger charge is 2.12. The maximum atomic E-state index is 10.6. The number of hydrogen-bond donors (Lipinski definition) is 2. The predicted molar refractivity (Wildman–Crippen MR) is 78.6 cm³/mol. The Morgan fingerprint density at radius 1 is 1.30 bits per heavy atom. The topological polar surface area (TPSA) is 58.6 Å². The van der Waals surface area contributed by atoms with Gasteiger partial charge >= 0.3 is 5.97 Å². The van der Waals surface area contributed by atoms with Crippen LogP contribution >= 0.6 is 11.3 Å². The third-order valence-corrected chi connectivity index (χ3v) is 4.28. The monoisotopic (exact) mass is 289 g/mol. The number of anilines is 1. The molecule has 2 N–H and O–H groups in total. The van der Waals surface area contributed by atoms with Gasteiger partial charge in [-0.15, -0.1) is 11.3 Å². The first-order valence-corrected chi connectivity index (χ1v) is 7.31. The van der Waals surface area contributed by atoms with E-state index in [0.717, 1.165) is 34.2 Å². The molecule has 1 aromatic carbocycles. The lowest BCUT2D eigenvalue weighted by Gasteiger charge is -2.06. The first kappa shape index (κ1) is 13.0. The van der Waals surface area contributed by atoms with Crippen LogP contribution in [-0.4, -0.2) is 17.7 Å². The molecule has 0 aliphatic carbocycles. The van der Waals surface area contributed by atoms with E-state index >= 15 is 0 Å². The van der Waals surface area contributed by atoms with Crippen LogP contribution in [0, 0.1) is 0 Å². The lowest BCUT2D eigenvalue weighted by molar-refractivity contribution is -0.136. The Balaban J connectivity index is 1.61. The molecule has 0 saturated heterocycles. The van der Waals surface area contributed by atoms with E-state index in [2.05, 4.69) is 11.4 Å². The Labute approximate surface area is 121 Å². The van der Waals surface area contributed by atoms with Crippen LogP contribution in [0.1, 0.15) is 15.3 Å². The minimum Gasteiger partial charge on any atom is -0.493 e. The van der Waals surface area contributed by atoms with E-state index in [1.807, 2.05) is 24.3 Å². The third-order valence-electron chi connectivity index (χ3n) is 3.20. The number of benzene rings is 1. The van der Waals surface area contributed by atoms with Crippen molar-refractivity contribution in [3.8, 4) is 5.75 Å². The van der Waals surface area contributed by atoms with Crippen LogP contribution in [0.4, 0.5) is 5.69 Å². The summed E-state index contributed by atoms with van der Waals surface area (Å²) in [5, 5.41) is 12.1. The van der Waals surface area contributed by atoms with Gasteiger partial charge in [0.15, 0.2) is 0 Å². The summed E-state index contributed by atoms with van der Waals surface area (Å²) in [5.41, 5.74) is 2.31. The minimum absolute atomic E-state index is 0.0981. The van der Waals surface area contributed by atoms with Crippen LogP contribution in [-0.2, 0) is 24.2 Å². The Kier molecular flexibility index (Phi) is 3.60. The highest BCUT2D eigenvalue weighted by molar-refractivity contribution is 7.12. The SMILES string of the molecule is O=C(O)Cc1ccc(CNc2ccc3c(c2)CCO3)s1. The molecule has 0 atom stereocenters. The van der Waals surface area contributed by atoms with Crippen LogP contribution in [0.5, 0.6) is 5.75 Å². The number of aliphatic carboxylic acids is 1. The number of carboxylic acids is 1. The zero-order valence-corrected chi connectivity index (χ0v) is 11.7. The van der Waals surface area contributed by atoms with Gasteiger partial charge in [-0.2, -0.15) is 0 Å². The third kappa shape index (κ3) is 2.93. The van der Waals surface area contributed by atoms with Crippen LogP contribution in [0.3, 0.4) is 0 Å². The molecule has 0 spiro atoms. The van der Waals surface area contributed by atoms with Gasteiger partial charge < -0.3 is 15.2 Å². The van der Waals surface area contributed by atoms with Crippen molar-refractivity contribution in [3.05, 3.63) is 45.6 Å². The molecule has 1 aliphatic rings. The van der Waals surface area contributed by atoms with E-state index in [0.29, 0.717) is 6.54 Å². The quantitative estimate of drug-likeness (QED) is 0.888. The predicted octanol–water partition coefficient (Wildman–Crippen LogP) is 2.92. The van der Waals surface area contributed by atoms with Gasteiger partial charge in [-0.3, -0.25) is 4.79 Å². The number of carboxylic acid groups (broad SMARTS) is 1. The zero-order chi connectivity index (χ0) is 13.9. The van der Waals surface area contributed by atoms with Crippen molar-refractivity contribution in [1.82, 2.24) is 0 Å². The molecule has 4 nitrogen and oxygen atoms in total. The fraction of sp³-hybridized carbons (Fsp3) is 0.267. The van der Waals surface area contributed by atoms with E-state index in [1.165, 1.54) is 16.9 Å². The van der Waals surface area contributed by atoms with Crippen molar-refractivity contribution >= 4 is 23.0 Å². The Morgan fingerprint density at radius 2 is 2.15 bits per heavy atom. The summed E-state index contributed by atoms with van der Waals surface area (Å²) in [6, 6.07) is 9.98. The Hall–Kier alpha value is -2.01. The molecule has 0 radical (unpaired) electrons. The number of hydrogen-bond acceptors (Lipinski definition) is 4. The minimum atomic E-state index is -0.787. The average molecular weight is 289 g/mol. The number of thiophene rings is 1. The fourth-order valence-corrected chi connectivity index (χ4v) is 3.20. The average Bonchev–Trinajstić information content (AvgIpc) is 3.03. The van der Waals surface area contributed by atoms with Gasteiger partial charge in [0.2, 0.25) is 0 Å². The van der Waals surface area contributed by atoms with Gasteiger partial charge in [0.25, 0.3) is 0 Å². The number of ether oxygens (including phenoxy) is 1. The second-order valence-electron chi connectivity index (χ2n) is 4.71. The summed E-state index contributed by atoms with van der Waals surface area (Å²) in [6.45, 7) is 1.48. The molecule has 5 heteroatoms. The lowest BCUT2D eigenvalue weighted by atomic mass is 10.1. The maximum absolute atomic E-state index is 10.6. The van der Waals surface area contributed by atoms with E-state index in [1.54, 1.807) is 0 Å². The van der Waals surface area contributed by atoms with Gasteiger partial charge in [0.1, 0.15) is 5.75 Å². The number of nitrogens with one attached hydrogen (secondary N) is 1. The van der Waals surface area contributed by atoms with Crippen LogP contribution in [0.25, 0.3) is 0 Å². The van der Waals surface area contributed by atoms with Crippen LogP contribution < -0.4 is 10.1 Å². The summed E-state index contributed by atoms with van der Waals surface area (Å²) in [5.74, 6) is 0.195. The molecule has 0 amide bonds. The van der Waals surface area contributed by atoms with Crippen molar-refractivity contribution in [2.75, 3.05) is 11.9 Å². The molecule has 0 saturated carbocycles. The molecular formula is C15H15NO3S. The van der Waals surface area contributed by atoms with Crippen molar-refractivity contribution in [2.45, 2.75) is 19.4 Å². The maximum Gasteiger partial charge on any atom is 0.308 e.